The first-order chi connectivity index (χ1) is 16.3. The molecule has 0 aliphatic heterocycles. The van der Waals surface area contributed by atoms with Crippen LogP contribution in [0.25, 0.3) is 0 Å². The van der Waals surface area contributed by atoms with E-state index in [0.717, 1.165) is 19.2 Å². The second-order valence-electron chi connectivity index (χ2n) is 7.33. The van der Waals surface area contributed by atoms with Gasteiger partial charge in [-0.05, 0) is 29.8 Å². The molecule has 1 amide bonds. The summed E-state index contributed by atoms with van der Waals surface area (Å²) in [6.07, 6.45) is 0.245. The van der Waals surface area contributed by atoms with Gasteiger partial charge in [0, 0.05) is 19.0 Å². The van der Waals surface area contributed by atoms with Crippen LogP contribution in [-0.4, -0.2) is 26.8 Å². The number of alkyl halides is 3. The van der Waals surface area contributed by atoms with Crippen LogP contribution in [0.15, 0.2) is 36.4 Å². The smallest absolute Gasteiger partial charge is 0.433 e. The number of nitrogens with zero attached hydrogens (tertiary/aromatic N) is 2. The number of carboxylic acids is 1. The summed E-state index contributed by atoms with van der Waals surface area (Å²) in [6, 6.07) is 5.68. The van der Waals surface area contributed by atoms with Gasteiger partial charge in [-0.2, -0.15) is 18.3 Å². The van der Waals surface area contributed by atoms with Crippen LogP contribution in [0.3, 0.4) is 0 Å². The van der Waals surface area contributed by atoms with Crippen LogP contribution in [0.2, 0.25) is 10.0 Å². The van der Waals surface area contributed by atoms with Crippen molar-refractivity contribution in [1.29, 1.82) is 0 Å². The van der Waals surface area contributed by atoms with Gasteiger partial charge >= 0.3 is 12.1 Å². The van der Waals surface area contributed by atoms with Crippen molar-refractivity contribution in [1.82, 2.24) is 15.1 Å². The third-order valence-electron chi connectivity index (χ3n) is 4.97. The van der Waals surface area contributed by atoms with E-state index in [2.05, 4.69) is 16.3 Å². The lowest BCUT2D eigenvalue weighted by molar-refractivity contribution is -0.144. The minimum absolute atomic E-state index is 0.162. The Labute approximate surface area is 206 Å². The molecule has 0 saturated heterocycles. The van der Waals surface area contributed by atoms with Crippen molar-refractivity contribution in [3.8, 4) is 12.3 Å². The predicted octanol–water partition coefficient (Wildman–Crippen LogP) is 5.28. The quantitative estimate of drug-likeness (QED) is 0.337. The number of aromatic carboxylic acids is 1. The van der Waals surface area contributed by atoms with Crippen LogP contribution < -0.4 is 5.32 Å². The largest absolute Gasteiger partial charge is 0.478 e. The molecule has 2 N–H and O–H groups in total. The predicted molar refractivity (Wildman–Crippen MR) is 120 cm³/mol. The van der Waals surface area contributed by atoms with Crippen LogP contribution in [-0.2, 0) is 19.6 Å². The summed E-state index contributed by atoms with van der Waals surface area (Å²) in [5.41, 5.74) is -2.59. The number of terminal acetylenes is 1. The van der Waals surface area contributed by atoms with Gasteiger partial charge in [0.1, 0.15) is 11.9 Å². The SMILES string of the molecule is C#CC(NC(=O)c1c(Cc2ccc(Cl)c(Cl)c2)nn(C)c1C(F)(F)F)c1ccc(C(=O)O)cc1F. The molecule has 182 valence electrons. The van der Waals surface area contributed by atoms with Crippen LogP contribution >= 0.6 is 23.2 Å². The number of aryl methyl sites for hydroxylation is 1. The third kappa shape index (κ3) is 5.58. The standard InChI is InChI=1S/C23H15Cl2F4N3O3/c1-3-17(13-6-5-12(22(34)35)10-16(13)26)30-21(33)19-18(31-32(2)20(19)23(27,28)29)9-11-4-7-14(24)15(25)8-11/h1,4-8,10,17H,9H2,2H3,(H,30,33)(H,34,35). The van der Waals surface area contributed by atoms with E-state index in [9.17, 15) is 27.2 Å². The number of aromatic nitrogens is 2. The highest BCUT2D eigenvalue weighted by molar-refractivity contribution is 6.42. The lowest BCUT2D eigenvalue weighted by Crippen LogP contribution is -2.31. The molecule has 1 unspecified atom stereocenters. The van der Waals surface area contributed by atoms with E-state index in [1.54, 1.807) is 0 Å². The summed E-state index contributed by atoms with van der Waals surface area (Å²) >= 11 is 11.9. The average Bonchev–Trinajstić information content (AvgIpc) is 3.10. The van der Waals surface area contributed by atoms with Crippen molar-refractivity contribution >= 4 is 35.1 Å². The molecule has 12 heteroatoms. The fraction of sp³-hybridized carbons (Fsp3) is 0.174. The van der Waals surface area contributed by atoms with Gasteiger partial charge in [0.2, 0.25) is 0 Å². The summed E-state index contributed by atoms with van der Waals surface area (Å²) in [5.74, 6) is -1.59. The zero-order valence-corrected chi connectivity index (χ0v) is 19.3. The number of carbonyl (C=O) groups excluding carboxylic acids is 1. The second-order valence-corrected chi connectivity index (χ2v) is 8.15. The Balaban J connectivity index is 2.03. The van der Waals surface area contributed by atoms with Gasteiger partial charge in [-0.3, -0.25) is 9.48 Å². The lowest BCUT2D eigenvalue weighted by Gasteiger charge is -2.16. The van der Waals surface area contributed by atoms with E-state index in [1.807, 2.05) is 0 Å². The van der Waals surface area contributed by atoms with Crippen molar-refractivity contribution in [2.45, 2.75) is 18.6 Å². The van der Waals surface area contributed by atoms with E-state index in [0.29, 0.717) is 16.3 Å². The maximum Gasteiger partial charge on any atom is 0.433 e. The van der Waals surface area contributed by atoms with E-state index in [4.69, 9.17) is 34.7 Å². The first-order valence-corrected chi connectivity index (χ1v) is 10.5. The van der Waals surface area contributed by atoms with Gasteiger partial charge in [-0.15, -0.1) is 6.42 Å². The topological polar surface area (TPSA) is 84.2 Å². The summed E-state index contributed by atoms with van der Waals surface area (Å²) in [7, 11) is 1.03. The normalized spacial score (nSPS) is 12.2. The summed E-state index contributed by atoms with van der Waals surface area (Å²) < 4.78 is 56.5. The highest BCUT2D eigenvalue weighted by Gasteiger charge is 2.41. The molecular formula is C23H15Cl2F4N3O3. The molecule has 0 spiro atoms. The Morgan fingerprint density at radius 3 is 2.43 bits per heavy atom. The Kier molecular flexibility index (Phi) is 7.43. The highest BCUT2D eigenvalue weighted by Crippen LogP contribution is 2.35. The number of carbonyl (C=O) groups is 2. The molecule has 0 saturated carbocycles. The molecule has 1 aromatic heterocycles. The Bertz CT molecular complexity index is 1360. The van der Waals surface area contributed by atoms with Gasteiger partial charge < -0.3 is 10.4 Å². The maximum atomic E-state index is 14.5. The molecule has 1 atom stereocenters. The monoisotopic (exact) mass is 527 g/mol. The van der Waals surface area contributed by atoms with Gasteiger partial charge in [-0.25, -0.2) is 9.18 Å². The van der Waals surface area contributed by atoms with E-state index >= 15 is 0 Å². The summed E-state index contributed by atoms with van der Waals surface area (Å²) in [5, 5.41) is 15.4. The molecule has 0 aliphatic carbocycles. The Morgan fingerprint density at radius 2 is 1.89 bits per heavy atom. The summed E-state index contributed by atoms with van der Waals surface area (Å²) in [4.78, 5) is 24.1. The number of benzene rings is 2. The first kappa shape index (κ1) is 26.1. The molecule has 6 nitrogen and oxygen atoms in total. The number of nitrogens with one attached hydrogen (secondary N) is 1. The fourth-order valence-corrected chi connectivity index (χ4v) is 3.74. The van der Waals surface area contributed by atoms with Crippen molar-refractivity contribution in [2.24, 2.45) is 7.05 Å². The molecule has 0 radical (unpaired) electrons. The fourth-order valence-electron chi connectivity index (χ4n) is 3.42. The van der Waals surface area contributed by atoms with Gasteiger partial charge in [0.05, 0.1) is 26.9 Å². The highest BCUT2D eigenvalue weighted by atomic mass is 35.5. The van der Waals surface area contributed by atoms with Gasteiger partial charge in [0.25, 0.3) is 5.91 Å². The van der Waals surface area contributed by atoms with Crippen molar-refractivity contribution < 1.29 is 32.3 Å². The number of hydrogen-bond acceptors (Lipinski definition) is 3. The van der Waals surface area contributed by atoms with Crippen LogP contribution in [0.4, 0.5) is 17.6 Å². The number of amides is 1. The minimum Gasteiger partial charge on any atom is -0.478 e. The molecule has 0 bridgehead atoms. The number of hydrogen-bond donors (Lipinski definition) is 2. The Hall–Kier alpha value is -3.55. The molecule has 3 aromatic rings. The number of rotatable bonds is 6. The third-order valence-corrected chi connectivity index (χ3v) is 5.71. The molecule has 0 aliphatic rings. The number of halogens is 6. The van der Waals surface area contributed by atoms with Gasteiger partial charge in [0.15, 0.2) is 5.69 Å². The van der Waals surface area contributed by atoms with Crippen molar-refractivity contribution in [3.05, 3.63) is 85.9 Å². The van der Waals surface area contributed by atoms with E-state index in [1.165, 1.54) is 18.2 Å². The average molecular weight is 528 g/mol. The molecular weight excluding hydrogens is 513 g/mol. The summed E-state index contributed by atoms with van der Waals surface area (Å²) in [6.45, 7) is 0. The zero-order chi connectivity index (χ0) is 26.1. The first-order valence-electron chi connectivity index (χ1n) is 9.70. The maximum absolute atomic E-state index is 14.5. The number of carboxylic acid groups (broad SMARTS) is 1. The van der Waals surface area contributed by atoms with Crippen LogP contribution in [0.5, 0.6) is 0 Å². The van der Waals surface area contributed by atoms with E-state index < -0.39 is 41.2 Å². The lowest BCUT2D eigenvalue weighted by atomic mass is 10.0. The van der Waals surface area contributed by atoms with Crippen molar-refractivity contribution in [2.75, 3.05) is 0 Å². The molecule has 2 aromatic carbocycles. The van der Waals surface area contributed by atoms with Gasteiger partial charge in [-0.1, -0.05) is 41.3 Å². The zero-order valence-electron chi connectivity index (χ0n) is 17.8. The minimum atomic E-state index is -4.95. The van der Waals surface area contributed by atoms with Crippen LogP contribution in [0, 0.1) is 18.2 Å². The van der Waals surface area contributed by atoms with E-state index in [-0.39, 0.29) is 33.3 Å². The molecule has 0 fully saturated rings. The second kappa shape index (κ2) is 9.98. The molecule has 35 heavy (non-hydrogen) atoms. The molecule has 3 rings (SSSR count). The van der Waals surface area contributed by atoms with Crippen molar-refractivity contribution in [3.63, 3.8) is 0 Å². The van der Waals surface area contributed by atoms with Crippen LogP contribution in [0.1, 0.15) is 49.3 Å². The molecule has 1 heterocycles. The Morgan fingerprint density at radius 1 is 1.20 bits per heavy atom.